The number of carboxylic acid groups (broad SMARTS) is 1. The highest BCUT2D eigenvalue weighted by Crippen LogP contribution is 2.48. The smallest absolute Gasteiger partial charge is 0.308 e. The standard InChI is InChI=1S/C18H28N2O4/c1-10(19-14(21)8-11-4-2-3-5-11)17(22)20-16-13-7-6-12(9-13)15(16)18(23)24/h10-13,15-16H,2-9H2,1H3,(H,19,21)(H,20,22)(H,23,24)/t10-,12-,13-,15+,16+/m0/s1. The Morgan fingerprint density at radius 3 is 2.42 bits per heavy atom. The van der Waals surface area contributed by atoms with Crippen LogP contribution in [0.5, 0.6) is 0 Å². The van der Waals surface area contributed by atoms with Gasteiger partial charge in [0, 0.05) is 12.5 Å². The van der Waals surface area contributed by atoms with Crippen molar-refractivity contribution in [2.45, 2.75) is 70.4 Å². The van der Waals surface area contributed by atoms with Crippen molar-refractivity contribution in [3.8, 4) is 0 Å². The first kappa shape index (κ1) is 17.2. The lowest BCUT2D eigenvalue weighted by atomic mass is 9.84. The van der Waals surface area contributed by atoms with Crippen LogP contribution in [0, 0.1) is 23.7 Å². The fraction of sp³-hybridized carbons (Fsp3) is 0.833. The lowest BCUT2D eigenvalue weighted by Crippen LogP contribution is -2.53. The maximum Gasteiger partial charge on any atom is 0.308 e. The van der Waals surface area contributed by atoms with Gasteiger partial charge in [0.25, 0.3) is 0 Å². The maximum absolute atomic E-state index is 12.4. The van der Waals surface area contributed by atoms with Crippen molar-refractivity contribution in [2.24, 2.45) is 23.7 Å². The van der Waals surface area contributed by atoms with Gasteiger partial charge in [0.1, 0.15) is 6.04 Å². The van der Waals surface area contributed by atoms with Crippen LogP contribution in [0.4, 0.5) is 0 Å². The number of carboxylic acids is 1. The summed E-state index contributed by atoms with van der Waals surface area (Å²) in [4.78, 5) is 36.0. The molecule has 0 heterocycles. The summed E-state index contributed by atoms with van der Waals surface area (Å²) in [5.41, 5.74) is 0. The van der Waals surface area contributed by atoms with Crippen LogP contribution in [0.3, 0.4) is 0 Å². The molecule has 3 saturated carbocycles. The Kier molecular flexibility index (Phi) is 5.11. The fourth-order valence-electron chi connectivity index (χ4n) is 4.99. The van der Waals surface area contributed by atoms with Gasteiger partial charge in [0.05, 0.1) is 5.92 Å². The summed E-state index contributed by atoms with van der Waals surface area (Å²) >= 11 is 0. The normalized spacial score (nSPS) is 33.4. The number of fused-ring (bicyclic) bond motifs is 2. The molecule has 0 saturated heterocycles. The molecule has 0 aliphatic heterocycles. The van der Waals surface area contributed by atoms with Crippen LogP contribution in [0.15, 0.2) is 0 Å². The van der Waals surface area contributed by atoms with E-state index in [1.54, 1.807) is 6.92 Å². The molecule has 3 fully saturated rings. The molecule has 6 heteroatoms. The number of carbonyl (C=O) groups excluding carboxylic acids is 2. The number of carbonyl (C=O) groups is 3. The highest BCUT2D eigenvalue weighted by atomic mass is 16.4. The number of amides is 2. The van der Waals surface area contributed by atoms with Crippen LogP contribution in [0.25, 0.3) is 0 Å². The highest BCUT2D eigenvalue weighted by molar-refractivity contribution is 5.88. The fourth-order valence-corrected chi connectivity index (χ4v) is 4.99. The molecular weight excluding hydrogens is 308 g/mol. The molecule has 0 aromatic rings. The molecule has 0 unspecified atom stereocenters. The topological polar surface area (TPSA) is 95.5 Å². The second-order valence-corrected chi connectivity index (χ2v) is 7.88. The van der Waals surface area contributed by atoms with Crippen molar-refractivity contribution in [3.63, 3.8) is 0 Å². The van der Waals surface area contributed by atoms with E-state index >= 15 is 0 Å². The SMILES string of the molecule is C[C@H](NC(=O)CC1CCCC1)C(=O)N[C@@H]1[C@H]2CC[C@@H](C2)[C@H]1C(=O)O. The van der Waals surface area contributed by atoms with Gasteiger partial charge in [-0.2, -0.15) is 0 Å². The Balaban J connectivity index is 1.50. The molecule has 3 N–H and O–H groups in total. The molecule has 3 rings (SSSR count). The van der Waals surface area contributed by atoms with E-state index in [-0.39, 0.29) is 29.7 Å². The lowest BCUT2D eigenvalue weighted by Gasteiger charge is -2.30. The molecule has 2 amide bonds. The van der Waals surface area contributed by atoms with Crippen LogP contribution in [0.2, 0.25) is 0 Å². The third-order valence-corrected chi connectivity index (χ3v) is 6.23. The van der Waals surface area contributed by atoms with Gasteiger partial charge in [-0.15, -0.1) is 0 Å². The molecule has 134 valence electrons. The van der Waals surface area contributed by atoms with Crippen LogP contribution < -0.4 is 10.6 Å². The summed E-state index contributed by atoms with van der Waals surface area (Å²) in [5.74, 6) is -0.737. The zero-order valence-electron chi connectivity index (χ0n) is 14.3. The molecule has 3 aliphatic carbocycles. The first-order valence-corrected chi connectivity index (χ1v) is 9.28. The van der Waals surface area contributed by atoms with E-state index < -0.39 is 17.9 Å². The number of aliphatic carboxylic acids is 1. The summed E-state index contributed by atoms with van der Waals surface area (Å²) < 4.78 is 0. The van der Waals surface area contributed by atoms with Gasteiger partial charge in [-0.3, -0.25) is 14.4 Å². The van der Waals surface area contributed by atoms with Crippen LogP contribution >= 0.6 is 0 Å². The average Bonchev–Trinajstić information content (AvgIpc) is 3.23. The predicted octanol–water partition coefficient (Wildman–Crippen LogP) is 1.69. The quantitative estimate of drug-likeness (QED) is 0.688. The summed E-state index contributed by atoms with van der Waals surface area (Å²) in [6, 6.07) is -0.907. The molecule has 0 aromatic heterocycles. The van der Waals surface area contributed by atoms with Gasteiger partial charge in [-0.1, -0.05) is 12.8 Å². The van der Waals surface area contributed by atoms with E-state index in [0.29, 0.717) is 12.3 Å². The minimum Gasteiger partial charge on any atom is -0.481 e. The molecule has 0 radical (unpaired) electrons. The maximum atomic E-state index is 12.4. The van der Waals surface area contributed by atoms with Gasteiger partial charge < -0.3 is 15.7 Å². The summed E-state index contributed by atoms with van der Waals surface area (Å²) in [5, 5.41) is 15.1. The summed E-state index contributed by atoms with van der Waals surface area (Å²) in [6.45, 7) is 1.67. The molecule has 5 atom stereocenters. The molecule has 0 aromatic carbocycles. The molecule has 0 spiro atoms. The Labute approximate surface area is 142 Å². The minimum absolute atomic E-state index is 0.0766. The number of rotatable bonds is 6. The second-order valence-electron chi connectivity index (χ2n) is 7.88. The van der Waals surface area contributed by atoms with Gasteiger partial charge in [-0.25, -0.2) is 0 Å². The van der Waals surface area contributed by atoms with Crippen molar-refractivity contribution in [3.05, 3.63) is 0 Å². The lowest BCUT2D eigenvalue weighted by molar-refractivity contribution is -0.145. The van der Waals surface area contributed by atoms with E-state index in [2.05, 4.69) is 10.6 Å². The van der Waals surface area contributed by atoms with Crippen LogP contribution in [-0.2, 0) is 14.4 Å². The summed E-state index contributed by atoms with van der Waals surface area (Å²) in [7, 11) is 0. The Hall–Kier alpha value is -1.59. The van der Waals surface area contributed by atoms with Crippen molar-refractivity contribution < 1.29 is 19.5 Å². The molecule has 6 nitrogen and oxygen atoms in total. The van der Waals surface area contributed by atoms with Gasteiger partial charge in [0.2, 0.25) is 11.8 Å². The largest absolute Gasteiger partial charge is 0.481 e. The molecular formula is C18H28N2O4. The highest BCUT2D eigenvalue weighted by Gasteiger charge is 2.51. The molecule has 3 aliphatic rings. The predicted molar refractivity (Wildman–Crippen MR) is 88.1 cm³/mol. The van der Waals surface area contributed by atoms with E-state index in [1.165, 1.54) is 12.8 Å². The number of nitrogens with one attached hydrogen (secondary N) is 2. The van der Waals surface area contributed by atoms with Crippen molar-refractivity contribution >= 4 is 17.8 Å². The van der Waals surface area contributed by atoms with Crippen LogP contribution in [-0.4, -0.2) is 35.0 Å². The first-order chi connectivity index (χ1) is 11.5. The third-order valence-electron chi connectivity index (χ3n) is 6.23. The minimum atomic E-state index is -0.814. The molecule has 24 heavy (non-hydrogen) atoms. The Morgan fingerprint density at radius 2 is 1.75 bits per heavy atom. The second kappa shape index (κ2) is 7.11. The van der Waals surface area contributed by atoms with Gasteiger partial charge in [0.15, 0.2) is 0 Å². The van der Waals surface area contributed by atoms with Gasteiger partial charge >= 0.3 is 5.97 Å². The number of hydrogen-bond acceptors (Lipinski definition) is 3. The van der Waals surface area contributed by atoms with Gasteiger partial charge in [-0.05, 0) is 56.8 Å². The van der Waals surface area contributed by atoms with Crippen molar-refractivity contribution in [1.82, 2.24) is 10.6 Å². The van der Waals surface area contributed by atoms with E-state index in [9.17, 15) is 19.5 Å². The monoisotopic (exact) mass is 336 g/mol. The molecule has 2 bridgehead atoms. The Morgan fingerprint density at radius 1 is 1.08 bits per heavy atom. The number of hydrogen-bond donors (Lipinski definition) is 3. The first-order valence-electron chi connectivity index (χ1n) is 9.28. The Bertz CT molecular complexity index is 515. The van der Waals surface area contributed by atoms with Crippen molar-refractivity contribution in [2.75, 3.05) is 0 Å². The average molecular weight is 336 g/mol. The van der Waals surface area contributed by atoms with E-state index in [0.717, 1.165) is 32.1 Å². The van der Waals surface area contributed by atoms with E-state index in [4.69, 9.17) is 0 Å². The van der Waals surface area contributed by atoms with Crippen LogP contribution in [0.1, 0.15) is 58.3 Å². The van der Waals surface area contributed by atoms with E-state index in [1.807, 2.05) is 0 Å². The zero-order valence-corrected chi connectivity index (χ0v) is 14.3. The third kappa shape index (κ3) is 3.57. The van der Waals surface area contributed by atoms with Crippen molar-refractivity contribution in [1.29, 1.82) is 0 Å². The summed E-state index contributed by atoms with van der Waals surface area (Å²) in [6.07, 6.45) is 7.89. The zero-order chi connectivity index (χ0) is 17.3.